The maximum atomic E-state index is 16.0. The number of amides is 1. The molecule has 0 spiro atoms. The number of hydrogen-bond acceptors (Lipinski definition) is 8. The van der Waals surface area contributed by atoms with E-state index < -0.39 is 54.0 Å². The normalized spacial score (nSPS) is 19.7. The smallest absolute Gasteiger partial charge is 0.351 e. The Kier molecular flexibility index (Phi) is 8.39. The number of carbonyl (C=O) groups is 3. The highest BCUT2D eigenvalue weighted by molar-refractivity contribution is 6.03. The Bertz CT molecular complexity index is 1670. The minimum absolute atomic E-state index is 0.00628. The van der Waals surface area contributed by atoms with Crippen molar-refractivity contribution in [2.45, 2.75) is 37.4 Å². The van der Waals surface area contributed by atoms with Crippen molar-refractivity contribution in [3.05, 3.63) is 130 Å². The Morgan fingerprint density at radius 2 is 1.40 bits per heavy atom. The number of nitrogens with one attached hydrogen (secondary N) is 1. The molecule has 0 saturated carbocycles. The van der Waals surface area contributed by atoms with Crippen LogP contribution in [0.1, 0.15) is 44.2 Å². The van der Waals surface area contributed by atoms with E-state index in [1.807, 2.05) is 0 Å². The van der Waals surface area contributed by atoms with Crippen molar-refractivity contribution >= 4 is 23.7 Å². The Labute approximate surface area is 243 Å². The third-order valence-corrected chi connectivity index (χ3v) is 6.66. The summed E-state index contributed by atoms with van der Waals surface area (Å²) in [5, 5.41) is 2.44. The minimum Gasteiger partial charge on any atom is -0.456 e. The summed E-state index contributed by atoms with van der Waals surface area (Å²) in [6.45, 7) is 1.32. The molecule has 1 aromatic heterocycles. The molecule has 1 N–H and O–H groups in total. The van der Waals surface area contributed by atoms with Gasteiger partial charge in [-0.15, -0.1) is 0 Å². The quantitative estimate of drug-likeness (QED) is 0.298. The predicted octanol–water partition coefficient (Wildman–Crippen LogP) is 4.50. The standard InChI is InChI=1S/C31H25F2N3O7/c1-19(41-27(38)21-13-7-3-8-14-21)24-25(43-28(39)22-15-9-4-10-16-22)31(32,33)29(42-24)36-18-17-23(35-30(36)40)34-26(37)20-11-5-2-6-12-20/h2-19,24-25,29H,1H3,(H,34,35,37,40)/t19-,24+,25+,29+/m0/s1. The number of ether oxygens (including phenoxy) is 3. The molecule has 1 fully saturated rings. The fraction of sp³-hybridized carbons (Fsp3) is 0.194. The van der Waals surface area contributed by atoms with Gasteiger partial charge in [-0.2, -0.15) is 13.8 Å². The topological polar surface area (TPSA) is 126 Å². The lowest BCUT2D eigenvalue weighted by molar-refractivity contribution is -0.143. The molecule has 4 aromatic rings. The van der Waals surface area contributed by atoms with E-state index in [1.54, 1.807) is 54.6 Å². The van der Waals surface area contributed by atoms with Crippen molar-refractivity contribution < 1.29 is 37.4 Å². The van der Waals surface area contributed by atoms with Gasteiger partial charge in [-0.3, -0.25) is 9.36 Å². The SMILES string of the molecule is C[C@H](OC(=O)c1ccccc1)[C@H]1O[C@@H](n2ccc(NC(=O)c3ccccc3)nc2=O)C(F)(F)[C@@H]1OC(=O)c1ccccc1. The first-order valence-electron chi connectivity index (χ1n) is 13.2. The highest BCUT2D eigenvalue weighted by Gasteiger charge is 2.64. The number of aromatic nitrogens is 2. The van der Waals surface area contributed by atoms with E-state index in [2.05, 4.69) is 10.3 Å². The highest BCUT2D eigenvalue weighted by atomic mass is 19.3. The zero-order chi connectivity index (χ0) is 30.6. The van der Waals surface area contributed by atoms with Crippen LogP contribution in [-0.2, 0) is 14.2 Å². The van der Waals surface area contributed by atoms with Crippen molar-refractivity contribution in [1.82, 2.24) is 9.55 Å². The summed E-state index contributed by atoms with van der Waals surface area (Å²) in [5.74, 6) is -6.59. The molecular weight excluding hydrogens is 564 g/mol. The first kappa shape index (κ1) is 29.3. The number of esters is 2. The third kappa shape index (κ3) is 6.33. The first-order valence-corrected chi connectivity index (χ1v) is 13.2. The van der Waals surface area contributed by atoms with Crippen molar-refractivity contribution in [3.8, 4) is 0 Å². The molecule has 3 aromatic carbocycles. The van der Waals surface area contributed by atoms with E-state index >= 15 is 8.78 Å². The van der Waals surface area contributed by atoms with E-state index in [4.69, 9.17) is 14.2 Å². The van der Waals surface area contributed by atoms with Crippen LogP contribution < -0.4 is 11.0 Å². The molecule has 0 radical (unpaired) electrons. The molecule has 2 heterocycles. The molecule has 1 aliphatic rings. The predicted molar refractivity (Wildman–Crippen MR) is 149 cm³/mol. The fourth-order valence-electron chi connectivity index (χ4n) is 4.50. The highest BCUT2D eigenvalue weighted by Crippen LogP contribution is 2.45. The zero-order valence-corrected chi connectivity index (χ0v) is 22.6. The summed E-state index contributed by atoms with van der Waals surface area (Å²) in [7, 11) is 0. The maximum Gasteiger partial charge on any atom is 0.351 e. The molecule has 5 rings (SSSR count). The molecule has 1 saturated heterocycles. The second-order valence-electron chi connectivity index (χ2n) is 9.62. The lowest BCUT2D eigenvalue weighted by Crippen LogP contribution is -2.46. The Morgan fingerprint density at radius 1 is 0.860 bits per heavy atom. The largest absolute Gasteiger partial charge is 0.456 e. The first-order chi connectivity index (χ1) is 20.6. The monoisotopic (exact) mass is 589 g/mol. The van der Waals surface area contributed by atoms with Crippen LogP contribution >= 0.6 is 0 Å². The molecule has 0 bridgehead atoms. The Hall–Kier alpha value is -5.23. The van der Waals surface area contributed by atoms with Crippen LogP contribution in [0.5, 0.6) is 0 Å². The van der Waals surface area contributed by atoms with Crippen LogP contribution in [0.3, 0.4) is 0 Å². The van der Waals surface area contributed by atoms with Crippen molar-refractivity contribution in [2.24, 2.45) is 0 Å². The van der Waals surface area contributed by atoms with E-state index in [0.717, 1.165) is 12.3 Å². The lowest BCUT2D eigenvalue weighted by Gasteiger charge is -2.26. The van der Waals surface area contributed by atoms with Gasteiger partial charge >= 0.3 is 23.6 Å². The molecular formula is C31H25F2N3O7. The summed E-state index contributed by atoms with van der Waals surface area (Å²) in [4.78, 5) is 54.6. The van der Waals surface area contributed by atoms with Crippen LogP contribution in [0.25, 0.3) is 0 Å². The van der Waals surface area contributed by atoms with Gasteiger partial charge in [0.25, 0.3) is 5.91 Å². The molecule has 12 heteroatoms. The molecule has 43 heavy (non-hydrogen) atoms. The van der Waals surface area contributed by atoms with Gasteiger partial charge in [0.05, 0.1) is 11.1 Å². The zero-order valence-electron chi connectivity index (χ0n) is 22.6. The number of carbonyl (C=O) groups excluding carboxylic acids is 3. The molecule has 0 unspecified atom stereocenters. The van der Waals surface area contributed by atoms with Gasteiger partial charge in [-0.1, -0.05) is 54.6 Å². The van der Waals surface area contributed by atoms with E-state index in [0.29, 0.717) is 10.1 Å². The summed E-state index contributed by atoms with van der Waals surface area (Å²) < 4.78 is 48.8. The molecule has 0 aliphatic carbocycles. The second-order valence-corrected chi connectivity index (χ2v) is 9.62. The van der Waals surface area contributed by atoms with Gasteiger partial charge in [0.1, 0.15) is 18.0 Å². The number of anilines is 1. The molecule has 1 aliphatic heterocycles. The number of nitrogens with zero attached hydrogens (tertiary/aromatic N) is 2. The second kappa shape index (κ2) is 12.3. The molecule has 1 amide bonds. The van der Waals surface area contributed by atoms with Crippen LogP contribution in [0.4, 0.5) is 14.6 Å². The third-order valence-electron chi connectivity index (χ3n) is 6.66. The van der Waals surface area contributed by atoms with Gasteiger partial charge < -0.3 is 19.5 Å². The molecule has 4 atom stereocenters. The van der Waals surface area contributed by atoms with Crippen molar-refractivity contribution in [3.63, 3.8) is 0 Å². The van der Waals surface area contributed by atoms with Gasteiger partial charge in [0.2, 0.25) is 6.23 Å². The fourth-order valence-corrected chi connectivity index (χ4v) is 4.50. The maximum absolute atomic E-state index is 16.0. The van der Waals surface area contributed by atoms with E-state index in [-0.39, 0.29) is 16.9 Å². The number of halogens is 2. The van der Waals surface area contributed by atoms with Crippen molar-refractivity contribution in [1.29, 1.82) is 0 Å². The van der Waals surface area contributed by atoms with Gasteiger partial charge in [0, 0.05) is 11.8 Å². The summed E-state index contributed by atoms with van der Waals surface area (Å²) in [6, 6.07) is 24.6. The van der Waals surface area contributed by atoms with Gasteiger partial charge in [-0.05, 0) is 49.4 Å². The summed E-state index contributed by atoms with van der Waals surface area (Å²) in [6.07, 6.45) is -6.58. The average Bonchev–Trinajstić information content (AvgIpc) is 3.28. The number of alkyl halides is 2. The number of rotatable bonds is 8. The number of hydrogen-bond donors (Lipinski definition) is 1. The van der Waals surface area contributed by atoms with E-state index in [9.17, 15) is 19.2 Å². The van der Waals surface area contributed by atoms with Crippen LogP contribution in [0.15, 0.2) is 108 Å². The number of benzene rings is 3. The van der Waals surface area contributed by atoms with E-state index in [1.165, 1.54) is 43.3 Å². The van der Waals surface area contributed by atoms with Crippen LogP contribution in [0.2, 0.25) is 0 Å². The summed E-state index contributed by atoms with van der Waals surface area (Å²) >= 11 is 0. The van der Waals surface area contributed by atoms with Gasteiger partial charge in [-0.25, -0.2) is 14.4 Å². The molecule has 10 nitrogen and oxygen atoms in total. The van der Waals surface area contributed by atoms with Crippen LogP contribution in [-0.4, -0.2) is 51.6 Å². The minimum atomic E-state index is -3.98. The molecule has 220 valence electrons. The van der Waals surface area contributed by atoms with Crippen molar-refractivity contribution in [2.75, 3.05) is 5.32 Å². The average molecular weight is 590 g/mol. The van der Waals surface area contributed by atoms with Crippen LogP contribution in [0, 0.1) is 0 Å². The Morgan fingerprint density at radius 3 is 1.95 bits per heavy atom. The van der Waals surface area contributed by atoms with Gasteiger partial charge in [0.15, 0.2) is 6.10 Å². The Balaban J connectivity index is 1.42. The summed E-state index contributed by atoms with van der Waals surface area (Å²) in [5.41, 5.74) is -0.698. The lowest BCUT2D eigenvalue weighted by atomic mass is 10.0.